The van der Waals surface area contributed by atoms with Gasteiger partial charge in [0.25, 0.3) is 0 Å². The highest BCUT2D eigenvalue weighted by Crippen LogP contribution is 2.32. The summed E-state index contributed by atoms with van der Waals surface area (Å²) in [5.74, 6) is -0.00914. The number of halogens is 4. The summed E-state index contributed by atoms with van der Waals surface area (Å²) >= 11 is 18.0. The Morgan fingerprint density at radius 1 is 1.08 bits per heavy atom. The van der Waals surface area contributed by atoms with E-state index in [4.69, 9.17) is 39.5 Å². The quantitative estimate of drug-likeness (QED) is 0.757. The maximum absolute atomic E-state index is 13.8. The summed E-state index contributed by atoms with van der Waals surface area (Å²) in [5.41, 5.74) is 0.430. The first-order chi connectivity index (χ1) is 11.4. The van der Waals surface area contributed by atoms with Gasteiger partial charge in [0.05, 0.1) is 27.7 Å². The molecule has 0 heterocycles. The van der Waals surface area contributed by atoms with Crippen molar-refractivity contribution in [1.29, 1.82) is 0 Å². The fraction of sp³-hybridized carbons (Fsp3) is 0.294. The van der Waals surface area contributed by atoms with Crippen LogP contribution in [0.5, 0.6) is 5.75 Å². The molecule has 0 aliphatic carbocycles. The maximum Gasteiger partial charge on any atom is 0.156 e. The summed E-state index contributed by atoms with van der Waals surface area (Å²) in [4.78, 5) is 0.892. The van der Waals surface area contributed by atoms with Crippen LogP contribution in [-0.2, 0) is 6.54 Å². The number of hydrogen-bond acceptors (Lipinski definition) is 2. The van der Waals surface area contributed by atoms with Crippen LogP contribution < -0.4 is 9.64 Å². The number of aliphatic hydroxyl groups is 1. The van der Waals surface area contributed by atoms with Crippen molar-refractivity contribution in [1.82, 2.24) is 0 Å². The highest BCUT2D eigenvalue weighted by atomic mass is 35.5. The molecule has 0 saturated heterocycles. The molecule has 2 aromatic rings. The zero-order chi connectivity index (χ0) is 17.7. The smallest absolute Gasteiger partial charge is 0.156 e. The third-order valence-electron chi connectivity index (χ3n) is 3.46. The Bertz CT molecular complexity index is 659. The minimum Gasteiger partial charge on any atom is -0.488 e. The van der Waals surface area contributed by atoms with Crippen LogP contribution in [0.4, 0.5) is 4.39 Å². The van der Waals surface area contributed by atoms with Gasteiger partial charge in [0.1, 0.15) is 31.6 Å². The standard InChI is InChI=1S/C17H17Cl3FNO2/c1-22(9-12-13(18)4-3-7-16(12)21)8-11(23)10-24-17-14(19)5-2-6-15(17)20/h2-7,11,23H,8-10H2,1H3/p+1/t11-/m1/s1. The van der Waals surface area contributed by atoms with Crippen LogP contribution in [0.1, 0.15) is 5.56 Å². The number of benzene rings is 2. The van der Waals surface area contributed by atoms with Gasteiger partial charge in [0.2, 0.25) is 0 Å². The van der Waals surface area contributed by atoms with E-state index in [1.807, 2.05) is 7.05 Å². The lowest BCUT2D eigenvalue weighted by Crippen LogP contribution is -3.09. The van der Waals surface area contributed by atoms with Crippen LogP contribution in [0.15, 0.2) is 36.4 Å². The molecule has 0 spiro atoms. The molecular formula is C17H18Cl3FNO2+. The van der Waals surface area contributed by atoms with Crippen LogP contribution in [0, 0.1) is 5.82 Å². The molecule has 2 atom stereocenters. The van der Waals surface area contributed by atoms with E-state index in [2.05, 4.69) is 0 Å². The summed E-state index contributed by atoms with van der Waals surface area (Å²) in [5, 5.41) is 11.3. The predicted molar refractivity (Wildman–Crippen MR) is 94.8 cm³/mol. The van der Waals surface area contributed by atoms with Crippen LogP contribution >= 0.6 is 34.8 Å². The summed E-state index contributed by atoms with van der Waals surface area (Å²) in [7, 11) is 1.84. The topological polar surface area (TPSA) is 33.9 Å². The van der Waals surface area contributed by atoms with Gasteiger partial charge in [0, 0.05) is 0 Å². The third-order valence-corrected chi connectivity index (χ3v) is 4.41. The first-order valence-corrected chi connectivity index (χ1v) is 8.51. The highest BCUT2D eigenvalue weighted by molar-refractivity contribution is 6.37. The third kappa shape index (κ3) is 5.23. The van der Waals surface area contributed by atoms with Gasteiger partial charge < -0.3 is 14.7 Å². The van der Waals surface area contributed by atoms with Crippen molar-refractivity contribution in [3.63, 3.8) is 0 Å². The largest absolute Gasteiger partial charge is 0.488 e. The van der Waals surface area contributed by atoms with E-state index in [0.29, 0.717) is 39.5 Å². The molecule has 2 N–H and O–H groups in total. The van der Waals surface area contributed by atoms with Crippen molar-refractivity contribution in [3.05, 3.63) is 62.8 Å². The van der Waals surface area contributed by atoms with Gasteiger partial charge in [-0.05, 0) is 24.3 Å². The first kappa shape index (κ1) is 19.3. The van der Waals surface area contributed by atoms with Crippen molar-refractivity contribution in [2.75, 3.05) is 20.2 Å². The maximum atomic E-state index is 13.8. The lowest BCUT2D eigenvalue weighted by Gasteiger charge is -2.19. The van der Waals surface area contributed by atoms with Crippen LogP contribution in [-0.4, -0.2) is 31.4 Å². The minimum absolute atomic E-state index is 0.0335. The second-order valence-corrected chi connectivity index (χ2v) is 6.78. The molecule has 0 amide bonds. The second-order valence-electron chi connectivity index (χ2n) is 5.55. The van der Waals surface area contributed by atoms with Gasteiger partial charge in [-0.15, -0.1) is 0 Å². The van der Waals surface area contributed by atoms with Gasteiger partial charge in [0.15, 0.2) is 5.75 Å². The fourth-order valence-electron chi connectivity index (χ4n) is 2.34. The van der Waals surface area contributed by atoms with E-state index in [1.165, 1.54) is 6.07 Å². The Hall–Kier alpha value is -1.04. The highest BCUT2D eigenvalue weighted by Gasteiger charge is 2.17. The normalized spacial score (nSPS) is 13.6. The average Bonchev–Trinajstić information content (AvgIpc) is 2.50. The molecule has 0 aliphatic rings. The molecule has 0 radical (unpaired) electrons. The lowest BCUT2D eigenvalue weighted by atomic mass is 10.2. The van der Waals surface area contributed by atoms with E-state index < -0.39 is 6.10 Å². The SMILES string of the molecule is C[NH+](Cc1c(F)cccc1Cl)C[C@@H](O)COc1c(Cl)cccc1Cl. The summed E-state index contributed by atoms with van der Waals surface area (Å²) < 4.78 is 19.3. The number of aliphatic hydroxyl groups excluding tert-OH is 1. The number of ether oxygens (including phenoxy) is 1. The van der Waals surface area contributed by atoms with Gasteiger partial charge in [-0.2, -0.15) is 0 Å². The molecule has 1 unspecified atom stereocenters. The lowest BCUT2D eigenvalue weighted by molar-refractivity contribution is -0.897. The molecule has 2 aromatic carbocycles. The Balaban J connectivity index is 1.89. The molecule has 0 saturated carbocycles. The van der Waals surface area contributed by atoms with E-state index in [-0.39, 0.29) is 12.4 Å². The molecule has 0 fully saturated rings. The summed E-state index contributed by atoms with van der Waals surface area (Å²) in [6.45, 7) is 0.744. The van der Waals surface area contributed by atoms with Crippen LogP contribution in [0.25, 0.3) is 0 Å². The van der Waals surface area contributed by atoms with Gasteiger partial charge in [-0.3, -0.25) is 0 Å². The van der Waals surface area contributed by atoms with E-state index in [9.17, 15) is 9.50 Å². The van der Waals surface area contributed by atoms with Gasteiger partial charge >= 0.3 is 0 Å². The zero-order valence-electron chi connectivity index (χ0n) is 13.0. The number of para-hydroxylation sites is 1. The molecule has 3 nitrogen and oxygen atoms in total. The molecule has 7 heteroatoms. The van der Waals surface area contributed by atoms with Crippen molar-refractivity contribution >= 4 is 34.8 Å². The average molecular weight is 394 g/mol. The van der Waals surface area contributed by atoms with Crippen molar-refractivity contribution in [2.24, 2.45) is 0 Å². The minimum atomic E-state index is -0.761. The van der Waals surface area contributed by atoms with Crippen LogP contribution in [0.3, 0.4) is 0 Å². The zero-order valence-corrected chi connectivity index (χ0v) is 15.3. The number of rotatable bonds is 7. The molecule has 0 aromatic heterocycles. The van der Waals surface area contributed by atoms with E-state index in [1.54, 1.807) is 30.3 Å². The van der Waals surface area contributed by atoms with Crippen molar-refractivity contribution in [2.45, 2.75) is 12.6 Å². The molecular weight excluding hydrogens is 376 g/mol. The van der Waals surface area contributed by atoms with E-state index in [0.717, 1.165) is 4.90 Å². The first-order valence-electron chi connectivity index (χ1n) is 7.37. The Labute approximate surface area is 155 Å². The number of nitrogens with one attached hydrogen (secondary N) is 1. The molecule has 24 heavy (non-hydrogen) atoms. The summed E-state index contributed by atoms with van der Waals surface area (Å²) in [6, 6.07) is 9.61. The molecule has 130 valence electrons. The number of quaternary nitrogens is 1. The second kappa shape index (κ2) is 8.88. The van der Waals surface area contributed by atoms with Crippen molar-refractivity contribution < 1.29 is 19.1 Å². The van der Waals surface area contributed by atoms with Crippen molar-refractivity contribution in [3.8, 4) is 5.75 Å². The predicted octanol–water partition coefficient (Wildman–Crippen LogP) is 3.24. The number of hydrogen-bond donors (Lipinski definition) is 2. The van der Waals surface area contributed by atoms with Gasteiger partial charge in [-0.25, -0.2) is 4.39 Å². The monoisotopic (exact) mass is 392 g/mol. The summed E-state index contributed by atoms with van der Waals surface area (Å²) in [6.07, 6.45) is -0.761. The molecule has 0 aliphatic heterocycles. The number of likely N-dealkylation sites (N-methyl/N-ethyl adjacent to an activating group) is 1. The molecule has 2 rings (SSSR count). The fourth-order valence-corrected chi connectivity index (χ4v) is 3.07. The Morgan fingerprint density at radius 3 is 2.29 bits per heavy atom. The molecule has 0 bridgehead atoms. The Morgan fingerprint density at radius 2 is 1.67 bits per heavy atom. The van der Waals surface area contributed by atoms with Crippen LogP contribution in [0.2, 0.25) is 15.1 Å². The Kier molecular flexibility index (Phi) is 7.14. The van der Waals surface area contributed by atoms with Gasteiger partial charge in [-0.1, -0.05) is 46.9 Å². The van der Waals surface area contributed by atoms with E-state index >= 15 is 0 Å².